The second kappa shape index (κ2) is 9.15. The second-order valence-electron chi connectivity index (χ2n) is 6.20. The third kappa shape index (κ3) is 5.64. The minimum Gasteiger partial charge on any atom is -0.315 e. The van der Waals surface area contributed by atoms with Crippen LogP contribution in [0.1, 0.15) is 45.6 Å². The number of benzene rings is 1. The van der Waals surface area contributed by atoms with Crippen molar-refractivity contribution in [1.29, 1.82) is 0 Å². The Morgan fingerprint density at radius 1 is 1.10 bits per heavy atom. The van der Waals surface area contributed by atoms with Crippen molar-refractivity contribution in [3.05, 3.63) is 35.9 Å². The van der Waals surface area contributed by atoms with Crippen LogP contribution in [0.3, 0.4) is 0 Å². The SMILES string of the molecule is CCC(C)N(C)CCNCC(c1ccccc1)C(C)C. The molecule has 0 aromatic heterocycles. The molecule has 0 heterocycles. The van der Waals surface area contributed by atoms with Gasteiger partial charge >= 0.3 is 0 Å². The van der Waals surface area contributed by atoms with Crippen molar-refractivity contribution in [2.24, 2.45) is 5.92 Å². The topological polar surface area (TPSA) is 15.3 Å². The Morgan fingerprint density at radius 3 is 2.30 bits per heavy atom. The van der Waals surface area contributed by atoms with E-state index in [2.05, 4.69) is 75.3 Å². The molecular formula is C18H32N2. The minimum absolute atomic E-state index is 0.602. The molecule has 20 heavy (non-hydrogen) atoms. The van der Waals surface area contributed by atoms with E-state index in [1.54, 1.807) is 0 Å². The number of nitrogens with zero attached hydrogens (tertiary/aromatic N) is 1. The highest BCUT2D eigenvalue weighted by atomic mass is 15.1. The van der Waals surface area contributed by atoms with E-state index in [9.17, 15) is 0 Å². The van der Waals surface area contributed by atoms with Crippen molar-refractivity contribution in [3.8, 4) is 0 Å². The predicted octanol–water partition coefficient (Wildman–Crippen LogP) is 3.75. The molecule has 0 aliphatic rings. The summed E-state index contributed by atoms with van der Waals surface area (Å²) in [6.45, 7) is 12.4. The maximum Gasteiger partial charge on any atom is 0.0107 e. The largest absolute Gasteiger partial charge is 0.315 e. The fourth-order valence-corrected chi connectivity index (χ4v) is 2.48. The van der Waals surface area contributed by atoms with Gasteiger partial charge in [0.25, 0.3) is 0 Å². The first-order valence-corrected chi connectivity index (χ1v) is 8.02. The smallest absolute Gasteiger partial charge is 0.0107 e. The Kier molecular flexibility index (Phi) is 7.86. The molecule has 2 heteroatoms. The fourth-order valence-electron chi connectivity index (χ4n) is 2.48. The van der Waals surface area contributed by atoms with E-state index >= 15 is 0 Å². The van der Waals surface area contributed by atoms with Crippen molar-refractivity contribution >= 4 is 0 Å². The first kappa shape index (κ1) is 17.2. The molecule has 1 aromatic carbocycles. The summed E-state index contributed by atoms with van der Waals surface area (Å²) in [7, 11) is 2.22. The summed E-state index contributed by atoms with van der Waals surface area (Å²) in [4.78, 5) is 2.43. The molecule has 1 rings (SSSR count). The van der Waals surface area contributed by atoms with Crippen molar-refractivity contribution in [3.63, 3.8) is 0 Å². The summed E-state index contributed by atoms with van der Waals surface area (Å²) < 4.78 is 0. The van der Waals surface area contributed by atoms with Crippen LogP contribution in [0.15, 0.2) is 30.3 Å². The number of likely N-dealkylation sites (N-methyl/N-ethyl adjacent to an activating group) is 1. The standard InChI is InChI=1S/C18H32N2/c1-6-16(4)20(5)13-12-19-14-18(15(2)3)17-10-8-7-9-11-17/h7-11,15-16,18-19H,6,12-14H2,1-5H3. The van der Waals surface area contributed by atoms with Crippen LogP contribution < -0.4 is 5.32 Å². The van der Waals surface area contributed by atoms with Gasteiger partial charge in [-0.15, -0.1) is 0 Å². The maximum absolute atomic E-state index is 3.63. The molecule has 2 atom stereocenters. The first-order chi connectivity index (χ1) is 9.56. The van der Waals surface area contributed by atoms with E-state index in [4.69, 9.17) is 0 Å². The molecule has 0 bridgehead atoms. The Balaban J connectivity index is 2.38. The molecule has 2 unspecified atom stereocenters. The molecule has 2 nitrogen and oxygen atoms in total. The molecular weight excluding hydrogens is 244 g/mol. The Hall–Kier alpha value is -0.860. The van der Waals surface area contributed by atoms with Gasteiger partial charge in [0.1, 0.15) is 0 Å². The highest BCUT2D eigenvalue weighted by Gasteiger charge is 2.15. The summed E-state index contributed by atoms with van der Waals surface area (Å²) in [5, 5.41) is 3.63. The van der Waals surface area contributed by atoms with Crippen LogP contribution in [0.2, 0.25) is 0 Å². The van der Waals surface area contributed by atoms with Gasteiger partial charge in [0, 0.05) is 25.7 Å². The molecule has 0 saturated carbocycles. The van der Waals surface area contributed by atoms with Crippen LogP contribution in [0.4, 0.5) is 0 Å². The number of rotatable bonds is 9. The Bertz CT molecular complexity index is 348. The summed E-state index contributed by atoms with van der Waals surface area (Å²) in [6.07, 6.45) is 1.22. The molecule has 0 amide bonds. The van der Waals surface area contributed by atoms with E-state index in [1.165, 1.54) is 12.0 Å². The van der Waals surface area contributed by atoms with Gasteiger partial charge in [-0.05, 0) is 37.8 Å². The van der Waals surface area contributed by atoms with E-state index < -0.39 is 0 Å². The van der Waals surface area contributed by atoms with Crippen molar-refractivity contribution in [1.82, 2.24) is 10.2 Å². The summed E-state index contributed by atoms with van der Waals surface area (Å²) in [6, 6.07) is 11.5. The second-order valence-corrected chi connectivity index (χ2v) is 6.20. The van der Waals surface area contributed by atoms with Crippen LogP contribution in [0.5, 0.6) is 0 Å². The first-order valence-electron chi connectivity index (χ1n) is 8.02. The summed E-state index contributed by atoms with van der Waals surface area (Å²) >= 11 is 0. The number of nitrogens with one attached hydrogen (secondary N) is 1. The van der Waals surface area contributed by atoms with Crippen LogP contribution in [0.25, 0.3) is 0 Å². The van der Waals surface area contributed by atoms with Gasteiger partial charge in [0.15, 0.2) is 0 Å². The molecule has 1 N–H and O–H groups in total. The molecule has 114 valence electrons. The zero-order valence-electron chi connectivity index (χ0n) is 13.9. The van der Waals surface area contributed by atoms with Gasteiger partial charge in [-0.3, -0.25) is 0 Å². The van der Waals surface area contributed by atoms with Gasteiger partial charge in [0.2, 0.25) is 0 Å². The average molecular weight is 276 g/mol. The predicted molar refractivity (Wildman–Crippen MR) is 89.3 cm³/mol. The zero-order valence-corrected chi connectivity index (χ0v) is 13.9. The van der Waals surface area contributed by atoms with Crippen LogP contribution in [-0.4, -0.2) is 37.6 Å². The lowest BCUT2D eigenvalue weighted by Gasteiger charge is -2.25. The van der Waals surface area contributed by atoms with Gasteiger partial charge in [-0.2, -0.15) is 0 Å². The zero-order chi connectivity index (χ0) is 15.0. The highest BCUT2D eigenvalue weighted by molar-refractivity contribution is 5.20. The summed E-state index contributed by atoms with van der Waals surface area (Å²) in [5.74, 6) is 1.27. The Labute approximate surface area is 125 Å². The maximum atomic E-state index is 3.63. The van der Waals surface area contributed by atoms with Crippen LogP contribution in [0, 0.1) is 5.92 Å². The van der Waals surface area contributed by atoms with E-state index in [1.807, 2.05) is 0 Å². The molecule has 0 aliphatic carbocycles. The number of hydrogen-bond acceptors (Lipinski definition) is 2. The molecule has 0 fully saturated rings. The third-order valence-electron chi connectivity index (χ3n) is 4.38. The van der Waals surface area contributed by atoms with E-state index in [0.29, 0.717) is 17.9 Å². The molecule has 1 aromatic rings. The summed E-state index contributed by atoms with van der Waals surface area (Å²) in [5.41, 5.74) is 1.45. The third-order valence-corrected chi connectivity index (χ3v) is 4.38. The molecule has 0 spiro atoms. The monoisotopic (exact) mass is 276 g/mol. The lowest BCUT2D eigenvalue weighted by Crippen LogP contribution is -2.36. The van der Waals surface area contributed by atoms with Gasteiger partial charge in [-0.1, -0.05) is 51.1 Å². The van der Waals surface area contributed by atoms with Crippen molar-refractivity contribution in [2.75, 3.05) is 26.7 Å². The lowest BCUT2D eigenvalue weighted by molar-refractivity contribution is 0.250. The van der Waals surface area contributed by atoms with E-state index in [-0.39, 0.29) is 0 Å². The van der Waals surface area contributed by atoms with Gasteiger partial charge < -0.3 is 10.2 Å². The fraction of sp³-hybridized carbons (Fsp3) is 0.667. The van der Waals surface area contributed by atoms with Crippen molar-refractivity contribution in [2.45, 2.75) is 46.1 Å². The van der Waals surface area contributed by atoms with Gasteiger partial charge in [-0.25, -0.2) is 0 Å². The molecule has 0 aliphatic heterocycles. The van der Waals surface area contributed by atoms with Crippen LogP contribution in [-0.2, 0) is 0 Å². The Morgan fingerprint density at radius 2 is 1.75 bits per heavy atom. The van der Waals surface area contributed by atoms with Crippen LogP contribution >= 0.6 is 0 Å². The number of hydrogen-bond donors (Lipinski definition) is 1. The van der Waals surface area contributed by atoms with Gasteiger partial charge in [0.05, 0.1) is 0 Å². The van der Waals surface area contributed by atoms with E-state index in [0.717, 1.165) is 19.6 Å². The lowest BCUT2D eigenvalue weighted by atomic mass is 9.88. The van der Waals surface area contributed by atoms with Crippen molar-refractivity contribution < 1.29 is 0 Å². The molecule has 0 saturated heterocycles. The normalized spacial score (nSPS) is 14.8. The molecule has 0 radical (unpaired) electrons. The minimum atomic E-state index is 0.602. The quantitative estimate of drug-likeness (QED) is 0.691. The highest BCUT2D eigenvalue weighted by Crippen LogP contribution is 2.23. The average Bonchev–Trinajstić information content (AvgIpc) is 2.46.